The third kappa shape index (κ3) is 6.04. The fourth-order valence-electron chi connectivity index (χ4n) is 2.52. The summed E-state index contributed by atoms with van der Waals surface area (Å²) < 4.78 is 0. The van der Waals surface area contributed by atoms with E-state index in [2.05, 4.69) is 10.6 Å². The maximum Gasteiger partial charge on any atom is 0.251 e. The van der Waals surface area contributed by atoms with E-state index in [1.54, 1.807) is 13.1 Å². The van der Waals surface area contributed by atoms with Crippen LogP contribution < -0.4 is 10.6 Å². The van der Waals surface area contributed by atoms with E-state index in [0.717, 1.165) is 23.1 Å². The largest absolute Gasteiger partial charge is 0.392 e. The number of carbonyl (C=O) groups is 2. The molecule has 2 amide bonds. The van der Waals surface area contributed by atoms with Crippen LogP contribution in [0.1, 0.15) is 33.5 Å². The topological polar surface area (TPSA) is 78.4 Å². The third-order valence-electron chi connectivity index (χ3n) is 4.00. The van der Waals surface area contributed by atoms with E-state index >= 15 is 0 Å². The molecule has 2 aromatic carbocycles. The molecule has 0 saturated heterocycles. The second-order valence-electron chi connectivity index (χ2n) is 5.85. The average Bonchev–Trinajstić information content (AvgIpc) is 2.66. The van der Waals surface area contributed by atoms with Crippen LogP contribution in [0, 0.1) is 0 Å². The van der Waals surface area contributed by atoms with Gasteiger partial charge in [-0.05, 0) is 41.7 Å². The molecular formula is C20H24N2O3. The van der Waals surface area contributed by atoms with E-state index < -0.39 is 0 Å². The first-order valence-electron chi connectivity index (χ1n) is 8.38. The Labute approximate surface area is 148 Å². The summed E-state index contributed by atoms with van der Waals surface area (Å²) in [5.74, 6) is -0.129. The van der Waals surface area contributed by atoms with E-state index in [9.17, 15) is 9.59 Å². The zero-order chi connectivity index (χ0) is 18.1. The van der Waals surface area contributed by atoms with Crippen molar-refractivity contribution in [3.05, 3.63) is 70.8 Å². The molecule has 0 bridgehead atoms. The van der Waals surface area contributed by atoms with Crippen LogP contribution in [0.15, 0.2) is 48.5 Å². The normalized spacial score (nSPS) is 10.3. The lowest BCUT2D eigenvalue weighted by atomic mass is 10.1. The van der Waals surface area contributed by atoms with Crippen molar-refractivity contribution in [2.75, 3.05) is 13.6 Å². The monoisotopic (exact) mass is 340 g/mol. The summed E-state index contributed by atoms with van der Waals surface area (Å²) in [4.78, 5) is 23.6. The molecule has 0 aromatic heterocycles. The van der Waals surface area contributed by atoms with Crippen LogP contribution >= 0.6 is 0 Å². The van der Waals surface area contributed by atoms with Gasteiger partial charge < -0.3 is 15.7 Å². The maximum atomic E-state index is 12.0. The van der Waals surface area contributed by atoms with Gasteiger partial charge in [-0.2, -0.15) is 0 Å². The highest BCUT2D eigenvalue weighted by atomic mass is 16.3. The lowest BCUT2D eigenvalue weighted by molar-refractivity contribution is -0.121. The lowest BCUT2D eigenvalue weighted by Gasteiger charge is -2.07. The molecule has 0 heterocycles. The van der Waals surface area contributed by atoms with Gasteiger partial charge in [0.2, 0.25) is 5.91 Å². The summed E-state index contributed by atoms with van der Waals surface area (Å²) in [6.07, 6.45) is 1.74. The summed E-state index contributed by atoms with van der Waals surface area (Å²) in [7, 11) is 1.60. The van der Waals surface area contributed by atoms with E-state index in [1.807, 2.05) is 42.5 Å². The van der Waals surface area contributed by atoms with Crippen molar-refractivity contribution in [2.45, 2.75) is 25.9 Å². The van der Waals surface area contributed by atoms with Gasteiger partial charge in [-0.15, -0.1) is 0 Å². The van der Waals surface area contributed by atoms with Gasteiger partial charge in [0.1, 0.15) is 0 Å². The molecule has 0 atom stereocenters. The Bertz CT molecular complexity index is 711. The van der Waals surface area contributed by atoms with E-state index in [-0.39, 0.29) is 18.4 Å². The molecule has 0 aliphatic heterocycles. The maximum absolute atomic E-state index is 12.0. The molecule has 0 radical (unpaired) electrons. The minimum atomic E-state index is -0.126. The van der Waals surface area contributed by atoms with E-state index in [4.69, 9.17) is 5.11 Å². The highest BCUT2D eigenvalue weighted by molar-refractivity contribution is 5.94. The average molecular weight is 340 g/mol. The molecule has 2 aromatic rings. The van der Waals surface area contributed by atoms with Crippen molar-refractivity contribution in [3.8, 4) is 0 Å². The van der Waals surface area contributed by atoms with Gasteiger partial charge in [-0.1, -0.05) is 36.4 Å². The number of nitrogens with one attached hydrogen (secondary N) is 2. The lowest BCUT2D eigenvalue weighted by Crippen LogP contribution is -2.25. The van der Waals surface area contributed by atoms with Gasteiger partial charge in [0.05, 0.1) is 6.61 Å². The molecule has 0 unspecified atom stereocenters. The van der Waals surface area contributed by atoms with E-state index in [1.165, 1.54) is 0 Å². The van der Waals surface area contributed by atoms with Crippen LogP contribution in [0.5, 0.6) is 0 Å². The van der Waals surface area contributed by atoms with Crippen LogP contribution in [-0.2, 0) is 24.2 Å². The summed E-state index contributed by atoms with van der Waals surface area (Å²) >= 11 is 0. The highest BCUT2D eigenvalue weighted by Crippen LogP contribution is 2.08. The first-order valence-corrected chi connectivity index (χ1v) is 8.38. The van der Waals surface area contributed by atoms with Gasteiger partial charge in [0.15, 0.2) is 0 Å². The Hall–Kier alpha value is -2.66. The standard InChI is InChI=1S/C20H24N2O3/c1-21-20(25)18-4-2-3-16(13-18)9-10-19(24)22-12-11-15-5-7-17(14-23)8-6-15/h2-8,13,23H,9-12,14H2,1H3,(H,21,25)(H,22,24). The first-order chi connectivity index (χ1) is 12.1. The Morgan fingerprint density at radius 3 is 2.36 bits per heavy atom. The fourth-order valence-corrected chi connectivity index (χ4v) is 2.52. The zero-order valence-corrected chi connectivity index (χ0v) is 14.4. The van der Waals surface area contributed by atoms with Gasteiger partial charge in [0, 0.05) is 25.6 Å². The molecule has 0 saturated carbocycles. The quantitative estimate of drug-likeness (QED) is 0.686. The predicted octanol–water partition coefficient (Wildman–Crippen LogP) is 1.83. The minimum Gasteiger partial charge on any atom is -0.392 e. The Balaban J connectivity index is 1.74. The van der Waals surface area contributed by atoms with Crippen LogP contribution in [0.3, 0.4) is 0 Å². The zero-order valence-electron chi connectivity index (χ0n) is 14.4. The second-order valence-corrected chi connectivity index (χ2v) is 5.85. The number of carbonyl (C=O) groups excluding carboxylic acids is 2. The molecular weight excluding hydrogens is 316 g/mol. The fraction of sp³-hybridized carbons (Fsp3) is 0.300. The van der Waals surface area contributed by atoms with Gasteiger partial charge in [0.25, 0.3) is 5.91 Å². The second kappa shape index (κ2) is 9.59. The third-order valence-corrected chi connectivity index (χ3v) is 4.00. The van der Waals surface area contributed by atoms with Crippen LogP contribution in [0.4, 0.5) is 0 Å². The smallest absolute Gasteiger partial charge is 0.251 e. The molecule has 5 nitrogen and oxygen atoms in total. The van der Waals surface area contributed by atoms with Crippen molar-refractivity contribution in [1.82, 2.24) is 10.6 Å². The molecule has 0 aliphatic rings. The molecule has 0 spiro atoms. The summed E-state index contributed by atoms with van der Waals surface area (Å²) in [5, 5.41) is 14.5. The number of rotatable bonds is 8. The minimum absolute atomic E-state index is 0.00248. The molecule has 2 rings (SSSR count). The summed E-state index contributed by atoms with van der Waals surface area (Å²) in [6.45, 7) is 0.619. The molecule has 5 heteroatoms. The highest BCUT2D eigenvalue weighted by Gasteiger charge is 2.06. The van der Waals surface area contributed by atoms with Crippen LogP contribution in [0.2, 0.25) is 0 Å². The Morgan fingerprint density at radius 2 is 1.68 bits per heavy atom. The van der Waals surface area contributed by atoms with Crippen molar-refractivity contribution < 1.29 is 14.7 Å². The van der Waals surface area contributed by atoms with Crippen molar-refractivity contribution >= 4 is 11.8 Å². The van der Waals surface area contributed by atoms with Crippen LogP contribution in [-0.4, -0.2) is 30.5 Å². The Kier molecular flexibility index (Phi) is 7.16. The number of hydrogen-bond acceptors (Lipinski definition) is 3. The Morgan fingerprint density at radius 1 is 0.960 bits per heavy atom. The van der Waals surface area contributed by atoms with Crippen LogP contribution in [0.25, 0.3) is 0 Å². The van der Waals surface area contributed by atoms with E-state index in [0.29, 0.717) is 24.9 Å². The number of benzene rings is 2. The summed E-state index contributed by atoms with van der Waals surface area (Å²) in [6, 6.07) is 15.0. The molecule has 0 aliphatic carbocycles. The van der Waals surface area contributed by atoms with Gasteiger partial charge in [-0.25, -0.2) is 0 Å². The number of hydrogen-bond donors (Lipinski definition) is 3. The molecule has 3 N–H and O–H groups in total. The first kappa shape index (κ1) is 18.7. The van der Waals surface area contributed by atoms with Crippen molar-refractivity contribution in [2.24, 2.45) is 0 Å². The number of aliphatic hydroxyl groups excluding tert-OH is 1. The molecule has 132 valence electrons. The number of aryl methyl sites for hydroxylation is 1. The molecule has 0 fully saturated rings. The van der Waals surface area contributed by atoms with Crippen molar-refractivity contribution in [1.29, 1.82) is 0 Å². The predicted molar refractivity (Wildman–Crippen MR) is 97.2 cm³/mol. The van der Waals surface area contributed by atoms with Crippen molar-refractivity contribution in [3.63, 3.8) is 0 Å². The van der Waals surface area contributed by atoms with Gasteiger partial charge >= 0.3 is 0 Å². The molecule has 25 heavy (non-hydrogen) atoms. The number of amides is 2. The number of aliphatic hydroxyl groups is 1. The van der Waals surface area contributed by atoms with Gasteiger partial charge in [-0.3, -0.25) is 9.59 Å². The SMILES string of the molecule is CNC(=O)c1cccc(CCC(=O)NCCc2ccc(CO)cc2)c1. The summed E-state index contributed by atoms with van der Waals surface area (Å²) in [5.41, 5.74) is 3.57.